The zero-order valence-electron chi connectivity index (χ0n) is 10.2. The van der Waals surface area contributed by atoms with E-state index in [1.165, 1.54) is 4.68 Å². The van der Waals surface area contributed by atoms with E-state index in [1.807, 2.05) is 30.3 Å². The number of benzene rings is 1. The van der Waals surface area contributed by atoms with Crippen LogP contribution in [0.25, 0.3) is 0 Å². The second-order valence-corrected chi connectivity index (χ2v) is 5.64. The summed E-state index contributed by atoms with van der Waals surface area (Å²) in [6, 6.07) is 9.36. The molecule has 1 atom stereocenters. The quantitative estimate of drug-likeness (QED) is 0.872. The summed E-state index contributed by atoms with van der Waals surface area (Å²) in [5, 5.41) is -0.389. The summed E-state index contributed by atoms with van der Waals surface area (Å²) >= 11 is 0. The summed E-state index contributed by atoms with van der Waals surface area (Å²) in [7, 11) is -3.94. The van der Waals surface area contributed by atoms with Gasteiger partial charge in [0.25, 0.3) is 0 Å². The number of halogens is 2. The van der Waals surface area contributed by atoms with Crippen molar-refractivity contribution in [2.24, 2.45) is 0 Å². The molecule has 106 valence electrons. The molecule has 0 saturated heterocycles. The van der Waals surface area contributed by atoms with Gasteiger partial charge in [0.2, 0.25) is 16.5 Å². The van der Waals surface area contributed by atoms with E-state index in [0.29, 0.717) is 18.8 Å². The van der Waals surface area contributed by atoms with Crippen LogP contribution in [-0.2, 0) is 22.5 Å². The second kappa shape index (κ2) is 4.62. The van der Waals surface area contributed by atoms with Gasteiger partial charge in [-0.25, -0.2) is 18.1 Å². The number of rotatable bonds is 3. The van der Waals surface area contributed by atoms with Gasteiger partial charge in [0.1, 0.15) is 5.82 Å². The van der Waals surface area contributed by atoms with Crippen LogP contribution in [0.3, 0.4) is 0 Å². The molecule has 0 radical (unpaired) electrons. The van der Waals surface area contributed by atoms with Gasteiger partial charge in [-0.1, -0.05) is 30.3 Å². The third-order valence-electron chi connectivity index (χ3n) is 3.34. The SMILES string of the molecule is O=[SH](=O)C(F)(F)c1nc2n(n1)CCC2c1ccccc1. The molecule has 0 N–H and O–H groups in total. The molecule has 20 heavy (non-hydrogen) atoms. The van der Waals surface area contributed by atoms with Crippen molar-refractivity contribution in [1.82, 2.24) is 14.8 Å². The summed E-state index contributed by atoms with van der Waals surface area (Å²) in [5.41, 5.74) is 0.958. The van der Waals surface area contributed by atoms with E-state index in [9.17, 15) is 17.2 Å². The minimum Gasteiger partial charge on any atom is -0.249 e. The molecule has 1 unspecified atom stereocenters. The van der Waals surface area contributed by atoms with Gasteiger partial charge in [-0.3, -0.25) is 0 Å². The van der Waals surface area contributed by atoms with Gasteiger partial charge in [-0.05, 0) is 12.0 Å². The highest BCUT2D eigenvalue weighted by molar-refractivity contribution is 7.73. The lowest BCUT2D eigenvalue weighted by molar-refractivity contribution is 0.0844. The molecule has 5 nitrogen and oxygen atoms in total. The Labute approximate surface area is 115 Å². The molecule has 0 aliphatic carbocycles. The standard InChI is InChI=1S/C12H11F2N3O2S/c13-12(14,20(18)19)11-15-10-9(6-7-17(10)16-11)8-4-2-1-3-5-8/h1-5,9,20H,6-7H2. The number of hydrogen-bond donors (Lipinski definition) is 1. The van der Waals surface area contributed by atoms with E-state index in [1.54, 1.807) is 0 Å². The van der Waals surface area contributed by atoms with Gasteiger partial charge >= 0.3 is 5.25 Å². The van der Waals surface area contributed by atoms with Crippen LogP contribution in [-0.4, -0.2) is 23.2 Å². The Bertz CT molecular complexity index is 705. The molecule has 1 aromatic carbocycles. The molecule has 0 fully saturated rings. The highest BCUT2D eigenvalue weighted by Gasteiger charge is 2.43. The van der Waals surface area contributed by atoms with Gasteiger partial charge < -0.3 is 0 Å². The van der Waals surface area contributed by atoms with Gasteiger partial charge in [0, 0.05) is 12.5 Å². The minimum absolute atomic E-state index is 0.127. The molecule has 2 heterocycles. The lowest BCUT2D eigenvalue weighted by Crippen LogP contribution is -2.18. The van der Waals surface area contributed by atoms with Crippen LogP contribution < -0.4 is 0 Å². The van der Waals surface area contributed by atoms with Crippen molar-refractivity contribution >= 4 is 10.7 Å². The maximum absolute atomic E-state index is 13.4. The summed E-state index contributed by atoms with van der Waals surface area (Å²) in [4.78, 5) is 3.76. The first-order valence-electron chi connectivity index (χ1n) is 6.02. The van der Waals surface area contributed by atoms with Crippen molar-refractivity contribution in [3.63, 3.8) is 0 Å². The fraction of sp³-hybridized carbons (Fsp3) is 0.333. The van der Waals surface area contributed by atoms with Crippen LogP contribution in [0, 0.1) is 0 Å². The molecule has 1 aliphatic rings. The van der Waals surface area contributed by atoms with Gasteiger partial charge in [-0.2, -0.15) is 8.78 Å². The molecule has 3 rings (SSSR count). The van der Waals surface area contributed by atoms with Crippen molar-refractivity contribution in [2.75, 3.05) is 0 Å². The fourth-order valence-corrected chi connectivity index (χ4v) is 2.63. The van der Waals surface area contributed by atoms with E-state index >= 15 is 0 Å². The van der Waals surface area contributed by atoms with Gasteiger partial charge in [-0.15, -0.1) is 5.10 Å². The van der Waals surface area contributed by atoms with Crippen molar-refractivity contribution in [2.45, 2.75) is 24.1 Å². The van der Waals surface area contributed by atoms with Crippen LogP contribution >= 0.6 is 0 Å². The third kappa shape index (κ3) is 2.00. The number of aromatic nitrogens is 3. The van der Waals surface area contributed by atoms with Crippen LogP contribution in [0.4, 0.5) is 8.78 Å². The maximum Gasteiger partial charge on any atom is 0.403 e. The Hall–Kier alpha value is -1.83. The maximum atomic E-state index is 13.4. The normalized spacial score (nSPS) is 18.4. The first kappa shape index (κ1) is 13.2. The molecule has 8 heteroatoms. The van der Waals surface area contributed by atoms with E-state index < -0.39 is 21.8 Å². The van der Waals surface area contributed by atoms with Gasteiger partial charge in [0.05, 0.1) is 0 Å². The average molecular weight is 299 g/mol. The van der Waals surface area contributed by atoms with E-state index in [0.717, 1.165) is 5.56 Å². The van der Waals surface area contributed by atoms with Crippen molar-refractivity contribution in [3.05, 3.63) is 47.5 Å². The molecular formula is C12H11F2N3O2S. The Morgan fingerprint density at radius 2 is 1.95 bits per heavy atom. The minimum atomic E-state index is -4.02. The Morgan fingerprint density at radius 1 is 1.25 bits per heavy atom. The van der Waals surface area contributed by atoms with Gasteiger partial charge in [0.15, 0.2) is 0 Å². The summed E-state index contributed by atoms with van der Waals surface area (Å²) in [5.74, 6) is -0.676. The predicted molar refractivity (Wildman–Crippen MR) is 67.1 cm³/mol. The average Bonchev–Trinajstić information content (AvgIpc) is 2.99. The first-order valence-corrected chi connectivity index (χ1v) is 7.20. The number of thiol groups is 1. The largest absolute Gasteiger partial charge is 0.403 e. The zero-order chi connectivity index (χ0) is 14.3. The molecule has 0 amide bonds. The Morgan fingerprint density at radius 3 is 2.60 bits per heavy atom. The summed E-state index contributed by atoms with van der Waals surface area (Å²) < 4.78 is 49.4. The number of hydrogen-bond acceptors (Lipinski definition) is 4. The monoisotopic (exact) mass is 299 g/mol. The summed E-state index contributed by atoms with van der Waals surface area (Å²) in [6.07, 6.45) is 0.717. The summed E-state index contributed by atoms with van der Waals surface area (Å²) in [6.45, 7) is 0.452. The predicted octanol–water partition coefficient (Wildman–Crippen LogP) is 1.47. The fourth-order valence-electron chi connectivity index (χ4n) is 2.37. The van der Waals surface area contributed by atoms with E-state index in [-0.39, 0.29) is 5.92 Å². The third-order valence-corrected chi connectivity index (χ3v) is 4.00. The number of nitrogens with zero attached hydrogens (tertiary/aromatic N) is 3. The second-order valence-electron chi connectivity index (χ2n) is 4.57. The van der Waals surface area contributed by atoms with Crippen LogP contribution in [0.5, 0.6) is 0 Å². The van der Waals surface area contributed by atoms with Crippen molar-refractivity contribution in [3.8, 4) is 0 Å². The van der Waals surface area contributed by atoms with Crippen LogP contribution in [0.15, 0.2) is 30.3 Å². The number of aryl methyl sites for hydroxylation is 1. The Kier molecular flexibility index (Phi) is 3.04. The van der Waals surface area contributed by atoms with Crippen LogP contribution in [0.1, 0.15) is 29.6 Å². The van der Waals surface area contributed by atoms with Crippen molar-refractivity contribution in [1.29, 1.82) is 0 Å². The number of alkyl halides is 2. The topological polar surface area (TPSA) is 64.8 Å². The first-order chi connectivity index (χ1) is 9.50. The molecule has 0 spiro atoms. The van der Waals surface area contributed by atoms with Crippen LogP contribution in [0.2, 0.25) is 0 Å². The zero-order valence-corrected chi connectivity index (χ0v) is 11.1. The smallest absolute Gasteiger partial charge is 0.249 e. The van der Waals surface area contributed by atoms with E-state index in [2.05, 4.69) is 10.1 Å². The molecule has 1 aromatic heterocycles. The molecule has 0 bridgehead atoms. The lowest BCUT2D eigenvalue weighted by atomic mass is 9.97. The lowest BCUT2D eigenvalue weighted by Gasteiger charge is -2.08. The highest BCUT2D eigenvalue weighted by Crippen LogP contribution is 2.35. The molecule has 1 aliphatic heterocycles. The molecule has 0 saturated carbocycles. The number of fused-ring (bicyclic) bond motifs is 1. The Balaban J connectivity index is 2.01. The molecule has 2 aromatic rings. The highest BCUT2D eigenvalue weighted by atomic mass is 32.2. The van der Waals surface area contributed by atoms with E-state index in [4.69, 9.17) is 0 Å². The molecular weight excluding hydrogens is 288 g/mol. The van der Waals surface area contributed by atoms with Crippen molar-refractivity contribution < 1.29 is 17.2 Å².